The fourth-order valence-electron chi connectivity index (χ4n) is 2.82. The van der Waals surface area contributed by atoms with Gasteiger partial charge in [-0.1, -0.05) is 12.8 Å². The Hall–Kier alpha value is -1.42. The Kier molecular flexibility index (Phi) is 4.86. The Balaban J connectivity index is 1.54. The zero-order valence-corrected chi connectivity index (χ0v) is 13.4. The number of hydrogen-bond donors (Lipinski definition) is 1. The van der Waals surface area contributed by atoms with Crippen LogP contribution in [0.4, 0.5) is 5.69 Å². The van der Waals surface area contributed by atoms with Crippen LogP contribution in [0.15, 0.2) is 41.7 Å². The summed E-state index contributed by atoms with van der Waals surface area (Å²) in [5.74, 6) is 0. The van der Waals surface area contributed by atoms with E-state index in [1.165, 1.54) is 42.0 Å². The predicted octanol–water partition coefficient (Wildman–Crippen LogP) is 4.55. The molecule has 0 saturated heterocycles. The quantitative estimate of drug-likeness (QED) is 0.849. The second kappa shape index (κ2) is 7.03. The number of imidazole rings is 1. The highest BCUT2D eigenvalue weighted by Crippen LogP contribution is 2.34. The van der Waals surface area contributed by atoms with E-state index in [0.29, 0.717) is 0 Å². The summed E-state index contributed by atoms with van der Waals surface area (Å²) >= 11 is 2.04. The van der Waals surface area contributed by atoms with E-state index in [0.717, 1.165) is 18.3 Å². The van der Waals surface area contributed by atoms with E-state index in [9.17, 15) is 0 Å². The van der Waals surface area contributed by atoms with Crippen LogP contribution in [0.3, 0.4) is 0 Å². The van der Waals surface area contributed by atoms with Gasteiger partial charge in [0.05, 0.1) is 18.6 Å². The number of thioether (sulfide) groups is 1. The lowest BCUT2D eigenvalue weighted by Crippen LogP contribution is -2.05. The standard InChI is InChI=1S/C17H23N3S/c1-2-20-13-18-11-15(20)12-19-14-7-9-17(10-8-14)21-16-5-3-4-6-16/h7-11,13,16,19H,2-6,12H2,1H3. The molecule has 0 radical (unpaired) electrons. The second-order valence-electron chi connectivity index (χ2n) is 5.57. The average Bonchev–Trinajstić information content (AvgIpc) is 3.17. The third-order valence-electron chi connectivity index (χ3n) is 4.07. The summed E-state index contributed by atoms with van der Waals surface area (Å²) in [6.07, 6.45) is 9.39. The van der Waals surface area contributed by atoms with E-state index in [2.05, 4.69) is 46.1 Å². The molecule has 0 aliphatic heterocycles. The van der Waals surface area contributed by atoms with Crippen LogP contribution in [-0.2, 0) is 13.1 Å². The van der Waals surface area contributed by atoms with Crippen molar-refractivity contribution in [3.63, 3.8) is 0 Å². The van der Waals surface area contributed by atoms with Crippen LogP contribution in [0.2, 0.25) is 0 Å². The first-order valence-corrected chi connectivity index (χ1v) is 8.72. The molecule has 0 bridgehead atoms. The van der Waals surface area contributed by atoms with Crippen LogP contribution in [0, 0.1) is 0 Å². The Labute approximate surface area is 131 Å². The molecule has 0 atom stereocenters. The van der Waals surface area contributed by atoms with Gasteiger partial charge in [-0.3, -0.25) is 0 Å². The third kappa shape index (κ3) is 3.82. The van der Waals surface area contributed by atoms with Crippen LogP contribution in [0.25, 0.3) is 0 Å². The lowest BCUT2D eigenvalue weighted by Gasteiger charge is -2.11. The maximum Gasteiger partial charge on any atom is 0.0948 e. The van der Waals surface area contributed by atoms with Gasteiger partial charge in [0.15, 0.2) is 0 Å². The highest BCUT2D eigenvalue weighted by atomic mass is 32.2. The smallest absolute Gasteiger partial charge is 0.0948 e. The molecule has 1 aliphatic carbocycles. The van der Waals surface area contributed by atoms with E-state index < -0.39 is 0 Å². The number of hydrogen-bond acceptors (Lipinski definition) is 3. The van der Waals surface area contributed by atoms with Crippen molar-refractivity contribution >= 4 is 17.4 Å². The van der Waals surface area contributed by atoms with Gasteiger partial charge in [0.2, 0.25) is 0 Å². The zero-order valence-electron chi connectivity index (χ0n) is 12.6. The molecule has 1 fully saturated rings. The minimum absolute atomic E-state index is 0.822. The normalized spacial score (nSPS) is 15.5. The Morgan fingerprint density at radius 1 is 1.24 bits per heavy atom. The van der Waals surface area contributed by atoms with E-state index in [-0.39, 0.29) is 0 Å². The molecule has 1 saturated carbocycles. The molecule has 1 aromatic carbocycles. The molecule has 112 valence electrons. The zero-order chi connectivity index (χ0) is 14.5. The first-order valence-electron chi connectivity index (χ1n) is 7.85. The molecule has 3 rings (SSSR count). The molecule has 0 spiro atoms. The lowest BCUT2D eigenvalue weighted by molar-refractivity contribution is 0.719. The lowest BCUT2D eigenvalue weighted by atomic mass is 10.3. The van der Waals surface area contributed by atoms with E-state index in [1.807, 2.05) is 24.3 Å². The Bertz CT molecular complexity index is 556. The summed E-state index contributed by atoms with van der Waals surface area (Å²) < 4.78 is 2.16. The SMILES string of the molecule is CCn1cncc1CNc1ccc(SC2CCCC2)cc1. The molecule has 4 heteroatoms. The minimum Gasteiger partial charge on any atom is -0.379 e. The number of aromatic nitrogens is 2. The molecule has 1 aromatic heterocycles. The second-order valence-corrected chi connectivity index (χ2v) is 6.95. The van der Waals surface area contributed by atoms with Gasteiger partial charge in [0.25, 0.3) is 0 Å². The Morgan fingerprint density at radius 3 is 2.71 bits per heavy atom. The number of rotatable bonds is 6. The number of benzene rings is 1. The van der Waals surface area contributed by atoms with Crippen molar-refractivity contribution in [1.82, 2.24) is 9.55 Å². The van der Waals surface area contributed by atoms with Gasteiger partial charge < -0.3 is 9.88 Å². The van der Waals surface area contributed by atoms with Crippen molar-refractivity contribution in [2.24, 2.45) is 0 Å². The first kappa shape index (κ1) is 14.5. The van der Waals surface area contributed by atoms with Crippen molar-refractivity contribution in [3.05, 3.63) is 42.5 Å². The van der Waals surface area contributed by atoms with Gasteiger partial charge in [0.1, 0.15) is 0 Å². The summed E-state index contributed by atoms with van der Waals surface area (Å²) in [4.78, 5) is 5.59. The monoisotopic (exact) mass is 301 g/mol. The number of nitrogens with one attached hydrogen (secondary N) is 1. The van der Waals surface area contributed by atoms with Crippen LogP contribution in [0.5, 0.6) is 0 Å². The number of nitrogens with zero attached hydrogens (tertiary/aromatic N) is 2. The molecule has 21 heavy (non-hydrogen) atoms. The van der Waals surface area contributed by atoms with E-state index in [4.69, 9.17) is 0 Å². The third-order valence-corrected chi connectivity index (χ3v) is 5.42. The number of aryl methyl sites for hydroxylation is 1. The van der Waals surface area contributed by atoms with Gasteiger partial charge in [0, 0.05) is 28.6 Å². The molecule has 0 amide bonds. The van der Waals surface area contributed by atoms with Crippen molar-refractivity contribution in [2.75, 3.05) is 5.32 Å². The van der Waals surface area contributed by atoms with Crippen LogP contribution in [-0.4, -0.2) is 14.8 Å². The van der Waals surface area contributed by atoms with Crippen LogP contribution < -0.4 is 5.32 Å². The summed E-state index contributed by atoms with van der Waals surface area (Å²) in [7, 11) is 0. The molecule has 3 nitrogen and oxygen atoms in total. The molecule has 2 aromatic rings. The molecular formula is C17H23N3S. The topological polar surface area (TPSA) is 29.9 Å². The number of anilines is 1. The summed E-state index contributed by atoms with van der Waals surface area (Å²) in [5, 5.41) is 4.31. The van der Waals surface area contributed by atoms with Gasteiger partial charge in [-0.2, -0.15) is 0 Å². The van der Waals surface area contributed by atoms with E-state index in [1.54, 1.807) is 0 Å². The Morgan fingerprint density at radius 2 is 2.00 bits per heavy atom. The molecule has 1 heterocycles. The first-order chi connectivity index (χ1) is 10.3. The molecular weight excluding hydrogens is 278 g/mol. The highest BCUT2D eigenvalue weighted by Gasteiger charge is 2.15. The molecule has 0 unspecified atom stereocenters. The largest absolute Gasteiger partial charge is 0.379 e. The van der Waals surface area contributed by atoms with Gasteiger partial charge >= 0.3 is 0 Å². The average molecular weight is 301 g/mol. The van der Waals surface area contributed by atoms with Crippen molar-refractivity contribution in [2.45, 2.75) is 55.8 Å². The molecule has 1 N–H and O–H groups in total. The predicted molar refractivity (Wildman–Crippen MR) is 89.8 cm³/mol. The fraction of sp³-hybridized carbons (Fsp3) is 0.471. The van der Waals surface area contributed by atoms with Crippen molar-refractivity contribution in [3.8, 4) is 0 Å². The van der Waals surface area contributed by atoms with Crippen LogP contribution >= 0.6 is 11.8 Å². The minimum atomic E-state index is 0.822. The van der Waals surface area contributed by atoms with Gasteiger partial charge in [-0.05, 0) is 44.0 Å². The van der Waals surface area contributed by atoms with Crippen LogP contribution in [0.1, 0.15) is 38.3 Å². The summed E-state index contributed by atoms with van der Waals surface area (Å²) in [6, 6.07) is 8.85. The highest BCUT2D eigenvalue weighted by molar-refractivity contribution is 8.00. The molecule has 1 aliphatic rings. The van der Waals surface area contributed by atoms with Gasteiger partial charge in [-0.15, -0.1) is 11.8 Å². The maximum absolute atomic E-state index is 4.20. The summed E-state index contributed by atoms with van der Waals surface area (Å²) in [5.41, 5.74) is 2.40. The van der Waals surface area contributed by atoms with E-state index >= 15 is 0 Å². The summed E-state index contributed by atoms with van der Waals surface area (Å²) in [6.45, 7) is 3.93. The van der Waals surface area contributed by atoms with Gasteiger partial charge in [-0.25, -0.2) is 4.98 Å². The fourth-order valence-corrected chi connectivity index (χ4v) is 4.07. The van der Waals surface area contributed by atoms with Crippen molar-refractivity contribution < 1.29 is 0 Å². The van der Waals surface area contributed by atoms with Crippen molar-refractivity contribution in [1.29, 1.82) is 0 Å². The maximum atomic E-state index is 4.20.